The monoisotopic (exact) mass is 715 g/mol. The van der Waals surface area contributed by atoms with E-state index in [1.165, 1.54) is 18.6 Å². The Bertz CT molecular complexity index is 2020. The van der Waals surface area contributed by atoms with Crippen molar-refractivity contribution in [2.75, 3.05) is 75.7 Å². The Morgan fingerprint density at radius 3 is 2.26 bits per heavy atom. The van der Waals surface area contributed by atoms with Gasteiger partial charge in [0.05, 0.1) is 23.2 Å². The molecule has 3 aliphatic rings. The zero-order valence-electron chi connectivity index (χ0n) is 30.0. The van der Waals surface area contributed by atoms with Crippen molar-refractivity contribution >= 4 is 34.1 Å². The van der Waals surface area contributed by atoms with Gasteiger partial charge in [-0.1, -0.05) is 6.42 Å². The summed E-state index contributed by atoms with van der Waals surface area (Å²) in [6.07, 6.45) is 8.61. The van der Waals surface area contributed by atoms with E-state index in [1.54, 1.807) is 24.5 Å². The van der Waals surface area contributed by atoms with Crippen molar-refractivity contribution in [3.63, 3.8) is 0 Å². The van der Waals surface area contributed by atoms with Gasteiger partial charge in [-0.25, -0.2) is 14.4 Å². The number of piperidine rings is 2. The van der Waals surface area contributed by atoms with Crippen molar-refractivity contribution < 1.29 is 14.0 Å². The van der Waals surface area contributed by atoms with Crippen LogP contribution in [0.5, 0.6) is 0 Å². The Balaban J connectivity index is 0.932. The molecule has 2 N–H and O–H groups in total. The predicted octanol–water partition coefficient (Wildman–Crippen LogP) is 5.68. The lowest BCUT2D eigenvalue weighted by Crippen LogP contribution is -2.58. The number of likely N-dealkylation sites (tertiary alicyclic amines) is 2. The number of fused-ring (bicyclic) bond motifs is 1. The van der Waals surface area contributed by atoms with E-state index in [-0.39, 0.29) is 17.6 Å². The van der Waals surface area contributed by atoms with Crippen LogP contribution in [0.4, 0.5) is 15.8 Å². The molecule has 274 valence electrons. The summed E-state index contributed by atoms with van der Waals surface area (Å²) in [5, 5.41) is 11.7. The zero-order chi connectivity index (χ0) is 36.2. The second kappa shape index (κ2) is 15.4. The smallest absolute Gasteiger partial charge is 0.236 e. The Morgan fingerprint density at radius 2 is 1.51 bits per heavy atom. The lowest BCUT2D eigenvalue weighted by atomic mass is 9.77. The molecule has 2 amide bonds. The summed E-state index contributed by atoms with van der Waals surface area (Å²) in [7, 11) is 0. The first kappa shape index (κ1) is 34.9. The van der Waals surface area contributed by atoms with Gasteiger partial charge in [-0.3, -0.25) is 19.6 Å². The van der Waals surface area contributed by atoms with Crippen LogP contribution in [0.1, 0.15) is 32.1 Å². The fraction of sp³-hybridized carbons (Fsp3) is 0.390. The number of nitrogens with one attached hydrogen (secondary N) is 2. The van der Waals surface area contributed by atoms with Crippen LogP contribution in [-0.4, -0.2) is 112 Å². The van der Waals surface area contributed by atoms with E-state index in [9.17, 15) is 14.0 Å². The van der Waals surface area contributed by atoms with E-state index >= 15 is 0 Å². The largest absolute Gasteiger partial charge is 0.368 e. The van der Waals surface area contributed by atoms with Crippen molar-refractivity contribution in [1.29, 1.82) is 0 Å². The average Bonchev–Trinajstić information content (AvgIpc) is 3.62. The minimum absolute atomic E-state index is 0.00939. The summed E-state index contributed by atoms with van der Waals surface area (Å²) in [6, 6.07) is 22.1. The summed E-state index contributed by atoms with van der Waals surface area (Å²) >= 11 is 0. The number of carbonyl (C=O) groups is 2. The normalized spacial score (nSPS) is 20.1. The van der Waals surface area contributed by atoms with Crippen LogP contribution in [0, 0.1) is 11.2 Å². The van der Waals surface area contributed by atoms with Gasteiger partial charge >= 0.3 is 0 Å². The van der Waals surface area contributed by atoms with Crippen LogP contribution in [0.2, 0.25) is 0 Å². The van der Waals surface area contributed by atoms with Gasteiger partial charge in [-0.05, 0) is 118 Å². The van der Waals surface area contributed by atoms with Gasteiger partial charge in [-0.2, -0.15) is 5.10 Å². The molecule has 0 radical (unpaired) electrons. The molecular weight excluding hydrogens is 670 g/mol. The number of aromatic nitrogens is 4. The molecule has 8 rings (SSSR count). The highest BCUT2D eigenvalue weighted by molar-refractivity contribution is 6.00. The molecule has 2 aromatic heterocycles. The Labute approximate surface area is 309 Å². The number of carbonyl (C=O) groups excluding carboxylic acids is 2. The SMILES string of the molecule is O=C(CN1CCCC(CN2CCCCC2)(C(=O)Nc2ccc3[nH]nc(-c4ccc(F)cc4)c3c2)C1)N1CCN(c2ccc(-c3ncccn3)cc2)CC1. The number of rotatable bonds is 9. The first-order valence-corrected chi connectivity index (χ1v) is 18.8. The third-order valence-electron chi connectivity index (χ3n) is 11.1. The minimum atomic E-state index is -0.656. The molecule has 1 unspecified atom stereocenters. The number of hydrogen-bond acceptors (Lipinski definition) is 8. The maximum atomic E-state index is 14.5. The van der Waals surface area contributed by atoms with E-state index in [2.05, 4.69) is 52.3 Å². The van der Waals surface area contributed by atoms with Crippen molar-refractivity contribution in [1.82, 2.24) is 34.9 Å². The van der Waals surface area contributed by atoms with Crippen LogP contribution in [0.25, 0.3) is 33.5 Å². The first-order chi connectivity index (χ1) is 25.9. The topological polar surface area (TPSA) is 114 Å². The van der Waals surface area contributed by atoms with Crippen molar-refractivity contribution in [2.45, 2.75) is 32.1 Å². The maximum Gasteiger partial charge on any atom is 0.236 e. The molecule has 3 aromatic carbocycles. The van der Waals surface area contributed by atoms with Gasteiger partial charge in [0, 0.05) is 79.6 Å². The highest BCUT2D eigenvalue weighted by Gasteiger charge is 2.44. The van der Waals surface area contributed by atoms with Crippen molar-refractivity contribution in [3.8, 4) is 22.6 Å². The van der Waals surface area contributed by atoms with E-state index in [4.69, 9.17) is 0 Å². The molecule has 3 saturated heterocycles. The number of halogens is 1. The number of H-pyrrole nitrogens is 1. The van der Waals surface area contributed by atoms with Gasteiger partial charge in [0.15, 0.2) is 5.82 Å². The number of piperazine rings is 1. The molecule has 3 fully saturated rings. The fourth-order valence-corrected chi connectivity index (χ4v) is 8.25. The predicted molar refractivity (Wildman–Crippen MR) is 205 cm³/mol. The van der Waals surface area contributed by atoms with Crippen LogP contribution in [-0.2, 0) is 9.59 Å². The third-order valence-corrected chi connectivity index (χ3v) is 11.1. The molecule has 11 nitrogen and oxygen atoms in total. The number of aromatic amines is 1. The van der Waals surface area contributed by atoms with Crippen LogP contribution >= 0.6 is 0 Å². The molecule has 3 aliphatic heterocycles. The number of benzene rings is 3. The summed E-state index contributed by atoms with van der Waals surface area (Å²) in [5.74, 6) is 0.514. The number of amides is 2. The molecule has 12 heteroatoms. The van der Waals surface area contributed by atoms with Crippen LogP contribution in [0.3, 0.4) is 0 Å². The summed E-state index contributed by atoms with van der Waals surface area (Å²) in [5.41, 5.74) is 4.48. The Kier molecular flexibility index (Phi) is 10.1. The highest BCUT2D eigenvalue weighted by Crippen LogP contribution is 2.35. The molecule has 0 aliphatic carbocycles. The Morgan fingerprint density at radius 1 is 0.792 bits per heavy atom. The molecule has 0 bridgehead atoms. The zero-order valence-corrected chi connectivity index (χ0v) is 30.0. The van der Waals surface area contributed by atoms with E-state index in [0.29, 0.717) is 49.9 Å². The standard InChI is InChI=1S/C41H46FN9O2/c42-32-10-6-30(7-11-32)38-35-26-33(12-15-36(35)46-47-38)45-40(53)41(28-48-19-2-1-3-20-48)16-4-21-49(29-41)27-37(52)51-24-22-50(23-25-51)34-13-8-31(9-14-34)39-43-17-5-18-44-39/h5-15,17-18,26H,1-4,16,19-25,27-29H2,(H,45,53)(H,46,47). The van der Waals surface area contributed by atoms with Gasteiger partial charge in [-0.15, -0.1) is 0 Å². The van der Waals surface area contributed by atoms with E-state index in [0.717, 1.165) is 86.1 Å². The van der Waals surface area contributed by atoms with Gasteiger partial charge in [0.1, 0.15) is 5.82 Å². The summed E-state index contributed by atoms with van der Waals surface area (Å²) < 4.78 is 13.6. The van der Waals surface area contributed by atoms with E-state index < -0.39 is 5.41 Å². The maximum absolute atomic E-state index is 14.5. The van der Waals surface area contributed by atoms with E-state index in [1.807, 2.05) is 41.3 Å². The molecular formula is C41H46FN9O2. The molecule has 5 aromatic rings. The minimum Gasteiger partial charge on any atom is -0.368 e. The summed E-state index contributed by atoms with van der Waals surface area (Å²) in [4.78, 5) is 45.9. The van der Waals surface area contributed by atoms with Gasteiger partial charge in [0.2, 0.25) is 11.8 Å². The lowest BCUT2D eigenvalue weighted by molar-refractivity contribution is -0.137. The van der Waals surface area contributed by atoms with Crippen molar-refractivity contribution in [2.24, 2.45) is 5.41 Å². The lowest BCUT2D eigenvalue weighted by Gasteiger charge is -2.45. The quantitative estimate of drug-likeness (QED) is 0.201. The number of nitrogens with zero attached hydrogens (tertiary/aromatic N) is 7. The van der Waals surface area contributed by atoms with Gasteiger partial charge < -0.3 is 20.0 Å². The number of anilines is 2. The van der Waals surface area contributed by atoms with Gasteiger partial charge in [0.25, 0.3) is 0 Å². The Hall–Kier alpha value is -5.20. The second-order valence-electron chi connectivity index (χ2n) is 14.7. The molecule has 53 heavy (non-hydrogen) atoms. The molecule has 1 atom stereocenters. The molecule has 5 heterocycles. The van der Waals surface area contributed by atoms with Crippen molar-refractivity contribution in [3.05, 3.63) is 91.0 Å². The van der Waals surface area contributed by atoms with Crippen LogP contribution in [0.15, 0.2) is 85.2 Å². The fourth-order valence-electron chi connectivity index (χ4n) is 8.25. The number of hydrogen-bond donors (Lipinski definition) is 2. The highest BCUT2D eigenvalue weighted by atomic mass is 19.1. The molecule has 0 saturated carbocycles. The third kappa shape index (κ3) is 7.79. The average molecular weight is 716 g/mol. The second-order valence-corrected chi connectivity index (χ2v) is 14.7. The van der Waals surface area contributed by atoms with Crippen LogP contribution < -0.4 is 10.2 Å². The summed E-state index contributed by atoms with van der Waals surface area (Å²) in [6.45, 7) is 7.13. The first-order valence-electron chi connectivity index (χ1n) is 18.8. The molecule has 0 spiro atoms.